The molecule has 0 saturated heterocycles. The Bertz CT molecular complexity index is 977. The summed E-state index contributed by atoms with van der Waals surface area (Å²) in [7, 11) is 0. The summed E-state index contributed by atoms with van der Waals surface area (Å²) in [6, 6.07) is 3.43. The maximum atomic E-state index is 12.3. The van der Waals surface area contributed by atoms with Crippen molar-refractivity contribution < 1.29 is 18.4 Å². The number of hydrogen-bond acceptors (Lipinski definition) is 8. The van der Waals surface area contributed by atoms with Crippen LogP contribution in [0.25, 0.3) is 11.7 Å². The molecule has 0 fully saturated rings. The molecule has 140 valence electrons. The van der Waals surface area contributed by atoms with Gasteiger partial charge in [0.05, 0.1) is 17.6 Å². The molecule has 0 saturated carbocycles. The number of aromatic nitrogens is 2. The summed E-state index contributed by atoms with van der Waals surface area (Å²) in [5, 5.41) is 11.4. The molecule has 8 nitrogen and oxygen atoms in total. The van der Waals surface area contributed by atoms with E-state index < -0.39 is 5.91 Å². The Labute approximate surface area is 162 Å². The normalized spacial score (nSPS) is 13.3. The van der Waals surface area contributed by atoms with Gasteiger partial charge in [0.2, 0.25) is 5.91 Å². The van der Waals surface area contributed by atoms with E-state index in [1.54, 1.807) is 12.1 Å². The summed E-state index contributed by atoms with van der Waals surface area (Å²) < 4.78 is 10.6. The smallest absolute Gasteiger partial charge is 0.284 e. The summed E-state index contributed by atoms with van der Waals surface area (Å²) in [5.74, 6) is 0.0238. The number of anilines is 1. The van der Waals surface area contributed by atoms with Crippen molar-refractivity contribution in [2.24, 2.45) is 5.73 Å². The van der Waals surface area contributed by atoms with Crippen LogP contribution in [0.5, 0.6) is 0 Å². The molecule has 1 aliphatic rings. The number of thiophene rings is 1. The highest BCUT2D eigenvalue weighted by Gasteiger charge is 2.25. The molecule has 0 aromatic carbocycles. The Balaban J connectivity index is 1.41. The molecule has 3 heterocycles. The predicted octanol–water partition coefficient (Wildman–Crippen LogP) is 3.10. The average molecular weight is 404 g/mol. The third-order valence-electron chi connectivity index (χ3n) is 4.14. The number of nitrogens with zero attached hydrogens (tertiary/aromatic N) is 2. The number of thioether (sulfide) groups is 1. The SMILES string of the molecule is NC(=O)c1c(NC(=O)CSc2nnc(-c3ccco3)o2)sc2c1CCCC2. The number of primary amides is 1. The van der Waals surface area contributed by atoms with Crippen LogP contribution in [0.2, 0.25) is 0 Å². The summed E-state index contributed by atoms with van der Waals surface area (Å²) in [4.78, 5) is 25.3. The first kappa shape index (κ1) is 17.8. The van der Waals surface area contributed by atoms with Gasteiger partial charge in [0.25, 0.3) is 17.0 Å². The lowest BCUT2D eigenvalue weighted by Gasteiger charge is -2.11. The second-order valence-electron chi connectivity index (χ2n) is 5.97. The van der Waals surface area contributed by atoms with E-state index in [9.17, 15) is 9.59 Å². The van der Waals surface area contributed by atoms with E-state index in [1.807, 2.05) is 0 Å². The molecule has 3 aromatic heterocycles. The summed E-state index contributed by atoms with van der Waals surface area (Å²) >= 11 is 2.55. The number of nitrogens with one attached hydrogen (secondary N) is 1. The second kappa shape index (κ2) is 7.57. The highest BCUT2D eigenvalue weighted by molar-refractivity contribution is 7.99. The van der Waals surface area contributed by atoms with Gasteiger partial charge in [0, 0.05) is 4.88 Å². The van der Waals surface area contributed by atoms with Crippen molar-refractivity contribution in [2.45, 2.75) is 30.9 Å². The lowest BCUT2D eigenvalue weighted by Crippen LogP contribution is -2.19. The molecule has 3 aromatic rings. The van der Waals surface area contributed by atoms with Crippen molar-refractivity contribution >= 4 is 39.9 Å². The maximum Gasteiger partial charge on any atom is 0.284 e. The molecule has 27 heavy (non-hydrogen) atoms. The summed E-state index contributed by atoms with van der Waals surface area (Å²) in [5.41, 5.74) is 6.98. The number of aryl methyl sites for hydroxylation is 1. The third kappa shape index (κ3) is 3.76. The van der Waals surface area contributed by atoms with Crippen molar-refractivity contribution in [3.05, 3.63) is 34.4 Å². The van der Waals surface area contributed by atoms with Gasteiger partial charge in [-0.05, 0) is 43.4 Å². The van der Waals surface area contributed by atoms with Gasteiger partial charge in [0.15, 0.2) is 5.76 Å². The fourth-order valence-electron chi connectivity index (χ4n) is 2.97. The summed E-state index contributed by atoms with van der Waals surface area (Å²) in [6.07, 6.45) is 5.37. The molecule has 10 heteroatoms. The Morgan fingerprint density at radius 3 is 2.93 bits per heavy atom. The fourth-order valence-corrected chi connectivity index (χ4v) is 4.85. The minimum absolute atomic E-state index is 0.0700. The largest absolute Gasteiger partial charge is 0.459 e. The first-order valence-electron chi connectivity index (χ1n) is 8.36. The van der Waals surface area contributed by atoms with E-state index >= 15 is 0 Å². The van der Waals surface area contributed by atoms with Crippen LogP contribution in [-0.4, -0.2) is 27.8 Å². The standard InChI is InChI=1S/C17H16N4O4S2/c18-14(23)13-9-4-1-2-6-11(9)27-16(13)19-12(22)8-26-17-21-20-15(25-17)10-5-3-7-24-10/h3,5,7H,1-2,4,6,8H2,(H2,18,23)(H,19,22). The lowest BCUT2D eigenvalue weighted by atomic mass is 9.95. The summed E-state index contributed by atoms with van der Waals surface area (Å²) in [6.45, 7) is 0. The molecular weight excluding hydrogens is 388 g/mol. The van der Waals surface area contributed by atoms with Crippen LogP contribution in [0.3, 0.4) is 0 Å². The Morgan fingerprint density at radius 1 is 1.30 bits per heavy atom. The van der Waals surface area contributed by atoms with Crippen molar-refractivity contribution in [1.82, 2.24) is 10.2 Å². The molecule has 2 amide bonds. The first-order chi connectivity index (χ1) is 13.1. The Morgan fingerprint density at radius 2 is 2.15 bits per heavy atom. The molecular formula is C17H16N4O4S2. The highest BCUT2D eigenvalue weighted by Crippen LogP contribution is 2.38. The highest BCUT2D eigenvalue weighted by atomic mass is 32.2. The Kier molecular flexibility index (Phi) is 4.99. The van der Waals surface area contributed by atoms with Gasteiger partial charge >= 0.3 is 0 Å². The minimum atomic E-state index is -0.502. The van der Waals surface area contributed by atoms with E-state index in [4.69, 9.17) is 14.6 Å². The van der Waals surface area contributed by atoms with Gasteiger partial charge in [-0.15, -0.1) is 21.5 Å². The quantitative estimate of drug-likeness (QED) is 0.605. The average Bonchev–Trinajstić information content (AvgIpc) is 3.38. The topological polar surface area (TPSA) is 124 Å². The number of furan rings is 1. The first-order valence-corrected chi connectivity index (χ1v) is 10.2. The van der Waals surface area contributed by atoms with Crippen LogP contribution in [-0.2, 0) is 17.6 Å². The van der Waals surface area contributed by atoms with Gasteiger partial charge in [-0.25, -0.2) is 0 Å². The number of fused-ring (bicyclic) bond motifs is 1. The number of hydrogen-bond donors (Lipinski definition) is 2. The van der Waals surface area contributed by atoms with Crippen LogP contribution < -0.4 is 11.1 Å². The monoisotopic (exact) mass is 404 g/mol. The number of carbonyl (C=O) groups is 2. The Hall–Kier alpha value is -2.59. The number of amides is 2. The van der Waals surface area contributed by atoms with Crippen molar-refractivity contribution in [2.75, 3.05) is 11.1 Å². The number of rotatable bonds is 6. The van der Waals surface area contributed by atoms with Gasteiger partial charge in [-0.3, -0.25) is 9.59 Å². The number of nitrogens with two attached hydrogens (primary N) is 1. The molecule has 0 unspecified atom stereocenters. The van der Waals surface area contributed by atoms with Gasteiger partial charge < -0.3 is 19.9 Å². The van der Waals surface area contributed by atoms with Crippen LogP contribution in [0.4, 0.5) is 5.00 Å². The van der Waals surface area contributed by atoms with Gasteiger partial charge in [-0.2, -0.15) is 0 Å². The maximum absolute atomic E-state index is 12.3. The van der Waals surface area contributed by atoms with Crippen molar-refractivity contribution in [3.8, 4) is 11.7 Å². The zero-order valence-corrected chi connectivity index (χ0v) is 15.8. The molecule has 3 N–H and O–H groups in total. The van der Waals surface area contributed by atoms with E-state index in [2.05, 4.69) is 15.5 Å². The van der Waals surface area contributed by atoms with Gasteiger partial charge in [-0.1, -0.05) is 11.8 Å². The fraction of sp³-hybridized carbons (Fsp3) is 0.294. The minimum Gasteiger partial charge on any atom is -0.459 e. The number of carbonyl (C=O) groups excluding carboxylic acids is 2. The molecule has 0 spiro atoms. The van der Waals surface area contributed by atoms with E-state index in [-0.39, 0.29) is 22.8 Å². The molecule has 0 bridgehead atoms. The zero-order chi connectivity index (χ0) is 18.8. The van der Waals surface area contributed by atoms with Crippen LogP contribution in [0.15, 0.2) is 32.5 Å². The lowest BCUT2D eigenvalue weighted by molar-refractivity contribution is -0.113. The van der Waals surface area contributed by atoms with Crippen molar-refractivity contribution in [3.63, 3.8) is 0 Å². The van der Waals surface area contributed by atoms with Gasteiger partial charge in [0.1, 0.15) is 5.00 Å². The van der Waals surface area contributed by atoms with Crippen LogP contribution >= 0.6 is 23.1 Å². The predicted molar refractivity (Wildman–Crippen MR) is 101 cm³/mol. The molecule has 1 aliphatic carbocycles. The second-order valence-corrected chi connectivity index (χ2v) is 8.00. The molecule has 4 rings (SSSR count). The molecule has 0 atom stereocenters. The van der Waals surface area contributed by atoms with Crippen LogP contribution in [0.1, 0.15) is 33.6 Å². The van der Waals surface area contributed by atoms with Crippen LogP contribution in [0, 0.1) is 0 Å². The van der Waals surface area contributed by atoms with E-state index in [0.717, 1.165) is 47.9 Å². The van der Waals surface area contributed by atoms with Crippen molar-refractivity contribution in [1.29, 1.82) is 0 Å². The molecule has 0 radical (unpaired) electrons. The van der Waals surface area contributed by atoms with E-state index in [1.165, 1.54) is 17.6 Å². The molecule has 0 aliphatic heterocycles. The zero-order valence-electron chi connectivity index (χ0n) is 14.2. The van der Waals surface area contributed by atoms with E-state index in [0.29, 0.717) is 16.3 Å². The third-order valence-corrected chi connectivity index (χ3v) is 6.16.